The summed E-state index contributed by atoms with van der Waals surface area (Å²) in [7, 11) is 0. The number of carboxylic acids is 1. The Morgan fingerprint density at radius 2 is 2.16 bits per heavy atom. The smallest absolute Gasteiger partial charge is 0.326 e. The van der Waals surface area contributed by atoms with Gasteiger partial charge in [0.2, 0.25) is 5.13 Å². The molecule has 0 radical (unpaired) electrons. The molecule has 2 heterocycles. The molecular weight excluding hydrogens is 262 g/mol. The Balaban J connectivity index is 1.87. The van der Waals surface area contributed by atoms with Crippen molar-refractivity contribution in [3.05, 3.63) is 30.3 Å². The molecule has 5 nitrogen and oxygen atoms in total. The lowest BCUT2D eigenvalue weighted by molar-refractivity contribution is -0.138. The van der Waals surface area contributed by atoms with Gasteiger partial charge < -0.3 is 10.0 Å². The van der Waals surface area contributed by atoms with Gasteiger partial charge in [0.15, 0.2) is 5.82 Å². The number of aromatic nitrogens is 2. The molecule has 98 valence electrons. The SMILES string of the molecule is O=C(O)C1CCCN1c1nc(-c2ccccc2)ns1. The molecule has 1 atom stereocenters. The first-order valence-corrected chi connectivity index (χ1v) is 6.91. The Morgan fingerprint density at radius 3 is 2.89 bits per heavy atom. The van der Waals surface area contributed by atoms with Crippen LogP contribution < -0.4 is 4.90 Å². The van der Waals surface area contributed by atoms with Crippen LogP contribution in [-0.2, 0) is 4.79 Å². The lowest BCUT2D eigenvalue weighted by Crippen LogP contribution is -2.35. The first-order valence-electron chi connectivity index (χ1n) is 6.14. The molecule has 0 bridgehead atoms. The van der Waals surface area contributed by atoms with Crippen molar-refractivity contribution in [3.8, 4) is 11.4 Å². The number of carboxylic acid groups (broad SMARTS) is 1. The maximum absolute atomic E-state index is 11.2. The molecule has 19 heavy (non-hydrogen) atoms. The van der Waals surface area contributed by atoms with Crippen molar-refractivity contribution in [2.75, 3.05) is 11.4 Å². The molecule has 3 rings (SSSR count). The van der Waals surface area contributed by atoms with Gasteiger partial charge >= 0.3 is 5.97 Å². The third kappa shape index (κ3) is 2.31. The normalized spacial score (nSPS) is 18.7. The van der Waals surface area contributed by atoms with Crippen LogP contribution >= 0.6 is 11.5 Å². The molecule has 0 spiro atoms. The maximum Gasteiger partial charge on any atom is 0.326 e. The minimum atomic E-state index is -0.783. The van der Waals surface area contributed by atoms with Gasteiger partial charge in [-0.3, -0.25) is 0 Å². The number of nitrogens with zero attached hydrogens (tertiary/aromatic N) is 3. The third-order valence-electron chi connectivity index (χ3n) is 3.23. The predicted molar refractivity (Wildman–Crippen MR) is 73.3 cm³/mol. The van der Waals surface area contributed by atoms with E-state index in [4.69, 9.17) is 0 Å². The van der Waals surface area contributed by atoms with Crippen LogP contribution in [-0.4, -0.2) is 33.0 Å². The molecule has 1 N–H and O–H groups in total. The second kappa shape index (κ2) is 4.97. The highest BCUT2D eigenvalue weighted by atomic mass is 32.1. The van der Waals surface area contributed by atoms with Gasteiger partial charge in [-0.25, -0.2) is 4.79 Å². The van der Waals surface area contributed by atoms with Crippen molar-refractivity contribution in [1.29, 1.82) is 0 Å². The number of anilines is 1. The van der Waals surface area contributed by atoms with Crippen LogP contribution in [0.3, 0.4) is 0 Å². The zero-order valence-electron chi connectivity index (χ0n) is 10.2. The van der Waals surface area contributed by atoms with Crippen molar-refractivity contribution in [2.24, 2.45) is 0 Å². The highest BCUT2D eigenvalue weighted by Crippen LogP contribution is 2.29. The number of hydrogen-bond acceptors (Lipinski definition) is 5. The molecule has 1 fully saturated rings. The van der Waals surface area contributed by atoms with E-state index < -0.39 is 12.0 Å². The number of aliphatic carboxylic acids is 1. The predicted octanol–water partition coefficient (Wildman–Crippen LogP) is 2.26. The summed E-state index contributed by atoms with van der Waals surface area (Å²) in [6.07, 6.45) is 1.56. The molecule has 1 aliphatic rings. The Bertz CT molecular complexity index is 585. The van der Waals surface area contributed by atoms with E-state index in [2.05, 4.69) is 9.36 Å². The molecule has 1 aromatic heterocycles. The minimum absolute atomic E-state index is 0.462. The number of carbonyl (C=O) groups is 1. The Hall–Kier alpha value is -1.95. The van der Waals surface area contributed by atoms with Crippen molar-refractivity contribution >= 4 is 22.6 Å². The summed E-state index contributed by atoms with van der Waals surface area (Å²) in [5.41, 5.74) is 0.955. The Morgan fingerprint density at radius 1 is 1.37 bits per heavy atom. The van der Waals surface area contributed by atoms with Crippen LogP contribution in [0.2, 0.25) is 0 Å². The van der Waals surface area contributed by atoms with Crippen LogP contribution in [0.5, 0.6) is 0 Å². The van der Waals surface area contributed by atoms with Gasteiger partial charge in [0.1, 0.15) is 6.04 Å². The molecule has 0 saturated carbocycles. The molecule has 1 aromatic carbocycles. The first kappa shape index (κ1) is 12.1. The zero-order chi connectivity index (χ0) is 13.2. The molecule has 1 saturated heterocycles. The lowest BCUT2D eigenvalue weighted by Gasteiger charge is -2.19. The van der Waals surface area contributed by atoms with E-state index in [1.807, 2.05) is 35.2 Å². The van der Waals surface area contributed by atoms with E-state index >= 15 is 0 Å². The van der Waals surface area contributed by atoms with Crippen molar-refractivity contribution in [2.45, 2.75) is 18.9 Å². The summed E-state index contributed by atoms with van der Waals surface area (Å²) in [6, 6.07) is 9.25. The topological polar surface area (TPSA) is 66.3 Å². The third-order valence-corrected chi connectivity index (χ3v) is 3.98. The highest BCUT2D eigenvalue weighted by molar-refractivity contribution is 7.09. The van der Waals surface area contributed by atoms with Gasteiger partial charge in [0, 0.05) is 23.6 Å². The van der Waals surface area contributed by atoms with Gasteiger partial charge in [-0.2, -0.15) is 9.36 Å². The molecule has 0 aliphatic carbocycles. The fourth-order valence-electron chi connectivity index (χ4n) is 2.29. The van der Waals surface area contributed by atoms with E-state index in [0.29, 0.717) is 17.4 Å². The van der Waals surface area contributed by atoms with E-state index in [9.17, 15) is 9.90 Å². The number of benzene rings is 1. The summed E-state index contributed by atoms with van der Waals surface area (Å²) in [5.74, 6) is -0.120. The highest BCUT2D eigenvalue weighted by Gasteiger charge is 2.32. The molecular formula is C13H13N3O2S. The van der Waals surface area contributed by atoms with E-state index in [1.54, 1.807) is 0 Å². The van der Waals surface area contributed by atoms with Gasteiger partial charge in [0.25, 0.3) is 0 Å². The summed E-state index contributed by atoms with van der Waals surface area (Å²) < 4.78 is 4.32. The average Bonchev–Trinajstić information content (AvgIpc) is 3.08. The first-order chi connectivity index (χ1) is 9.25. The van der Waals surface area contributed by atoms with Crippen LogP contribution in [0, 0.1) is 0 Å². The van der Waals surface area contributed by atoms with Crippen LogP contribution in [0.25, 0.3) is 11.4 Å². The summed E-state index contributed by atoms with van der Waals surface area (Å²) >= 11 is 1.26. The fraction of sp³-hybridized carbons (Fsp3) is 0.308. The quantitative estimate of drug-likeness (QED) is 0.930. The Labute approximate surface area is 114 Å². The van der Waals surface area contributed by atoms with Crippen LogP contribution in [0.4, 0.5) is 5.13 Å². The number of rotatable bonds is 3. The molecule has 2 aromatic rings. The van der Waals surface area contributed by atoms with Crippen molar-refractivity contribution in [1.82, 2.24) is 9.36 Å². The molecule has 6 heteroatoms. The van der Waals surface area contributed by atoms with E-state index in [-0.39, 0.29) is 0 Å². The van der Waals surface area contributed by atoms with Gasteiger partial charge in [0.05, 0.1) is 0 Å². The molecule has 1 unspecified atom stereocenters. The lowest BCUT2D eigenvalue weighted by atomic mass is 10.2. The Kier molecular flexibility index (Phi) is 3.16. The summed E-state index contributed by atoms with van der Waals surface area (Å²) in [5, 5.41) is 9.88. The van der Waals surface area contributed by atoms with Gasteiger partial charge in [-0.05, 0) is 12.8 Å². The monoisotopic (exact) mass is 275 g/mol. The average molecular weight is 275 g/mol. The standard InChI is InChI=1S/C13H13N3O2S/c17-12(18)10-7-4-8-16(10)13-14-11(15-19-13)9-5-2-1-3-6-9/h1-3,5-6,10H,4,7-8H2,(H,17,18). The molecule has 0 amide bonds. The maximum atomic E-state index is 11.2. The summed E-state index contributed by atoms with van der Waals surface area (Å²) in [4.78, 5) is 17.5. The van der Waals surface area contributed by atoms with Crippen LogP contribution in [0.1, 0.15) is 12.8 Å². The second-order valence-corrected chi connectivity index (χ2v) is 5.19. The zero-order valence-corrected chi connectivity index (χ0v) is 11.0. The molecule has 1 aliphatic heterocycles. The largest absolute Gasteiger partial charge is 0.480 e. The van der Waals surface area contributed by atoms with E-state index in [0.717, 1.165) is 18.5 Å². The van der Waals surface area contributed by atoms with Crippen molar-refractivity contribution < 1.29 is 9.90 Å². The van der Waals surface area contributed by atoms with Crippen molar-refractivity contribution in [3.63, 3.8) is 0 Å². The minimum Gasteiger partial charge on any atom is -0.480 e. The second-order valence-electron chi connectivity index (χ2n) is 4.46. The van der Waals surface area contributed by atoms with E-state index in [1.165, 1.54) is 11.5 Å². The van der Waals surface area contributed by atoms with Gasteiger partial charge in [-0.15, -0.1) is 0 Å². The summed E-state index contributed by atoms with van der Waals surface area (Å²) in [6.45, 7) is 0.736. The fourth-order valence-corrected chi connectivity index (χ4v) is 3.05. The number of hydrogen-bond donors (Lipinski definition) is 1. The van der Waals surface area contributed by atoms with Crippen LogP contribution in [0.15, 0.2) is 30.3 Å². The van der Waals surface area contributed by atoms with Gasteiger partial charge in [-0.1, -0.05) is 30.3 Å².